The first-order valence-corrected chi connectivity index (χ1v) is 6.11. The molecule has 0 aliphatic heterocycles. The topological polar surface area (TPSA) is 56.7 Å². The van der Waals surface area contributed by atoms with Crippen LogP contribution in [-0.4, -0.2) is 14.8 Å². The summed E-state index contributed by atoms with van der Waals surface area (Å²) in [6, 6.07) is 1.71. The fourth-order valence-corrected chi connectivity index (χ4v) is 2.02. The van der Waals surface area contributed by atoms with Gasteiger partial charge in [0.15, 0.2) is 0 Å². The van der Waals surface area contributed by atoms with E-state index in [-0.39, 0.29) is 5.82 Å². The highest BCUT2D eigenvalue weighted by atomic mass is 19.1. The summed E-state index contributed by atoms with van der Waals surface area (Å²) in [5, 5.41) is 4.45. The number of aromatic nitrogens is 3. The van der Waals surface area contributed by atoms with Crippen LogP contribution in [0, 0.1) is 5.82 Å². The van der Waals surface area contributed by atoms with Gasteiger partial charge in [0.05, 0.1) is 17.9 Å². The molecule has 0 radical (unpaired) electrons. The molecule has 2 aromatic rings. The number of nitrogens with zero attached hydrogens (tertiary/aromatic N) is 3. The van der Waals surface area contributed by atoms with Crippen LogP contribution in [0.15, 0.2) is 24.7 Å². The van der Waals surface area contributed by atoms with Crippen LogP contribution >= 0.6 is 0 Å². The average Bonchev–Trinajstić information content (AvgIpc) is 2.73. The minimum Gasteiger partial charge on any atom is -0.396 e. The van der Waals surface area contributed by atoms with E-state index in [1.807, 2.05) is 4.68 Å². The summed E-state index contributed by atoms with van der Waals surface area (Å²) in [5.41, 5.74) is 7.69. The summed E-state index contributed by atoms with van der Waals surface area (Å²) >= 11 is 0. The maximum absolute atomic E-state index is 13.1. The molecule has 0 unspecified atom stereocenters. The Kier molecular flexibility index (Phi) is 3.60. The highest BCUT2D eigenvalue weighted by Crippen LogP contribution is 2.26. The summed E-state index contributed by atoms with van der Waals surface area (Å²) in [5.74, 6) is -0.385. The maximum atomic E-state index is 13.1. The number of pyridine rings is 1. The number of rotatable bonds is 4. The second kappa shape index (κ2) is 5.16. The first kappa shape index (κ1) is 12.5. The van der Waals surface area contributed by atoms with Gasteiger partial charge in [-0.05, 0) is 18.9 Å². The Labute approximate surface area is 106 Å². The van der Waals surface area contributed by atoms with Gasteiger partial charge in [0.25, 0.3) is 0 Å². The molecule has 96 valence electrons. The molecule has 2 aromatic heterocycles. The molecule has 0 spiro atoms. The largest absolute Gasteiger partial charge is 0.396 e. The normalized spacial score (nSPS) is 11.1. The first-order valence-electron chi connectivity index (χ1n) is 6.11. The van der Waals surface area contributed by atoms with Crippen molar-refractivity contribution in [2.75, 3.05) is 5.73 Å². The second-order valence-electron chi connectivity index (χ2n) is 4.28. The van der Waals surface area contributed by atoms with Gasteiger partial charge in [0.2, 0.25) is 0 Å². The number of hydrogen-bond donors (Lipinski definition) is 1. The van der Waals surface area contributed by atoms with Gasteiger partial charge in [-0.2, -0.15) is 5.10 Å². The number of nitrogens with two attached hydrogens (primary N) is 1. The van der Waals surface area contributed by atoms with Crippen LogP contribution in [0.5, 0.6) is 0 Å². The molecule has 2 rings (SSSR count). The van der Waals surface area contributed by atoms with Gasteiger partial charge in [0.1, 0.15) is 11.5 Å². The molecule has 0 saturated carbocycles. The Bertz CT molecular complexity index is 532. The Morgan fingerprint density at radius 1 is 1.33 bits per heavy atom. The standard InChI is InChI=1S/C13H17FN4/c1-3-11(4-2)18-8-12(15)13(17-18)9-5-10(14)7-16-6-9/h5-8,11H,3-4,15H2,1-2H3. The number of halogens is 1. The Hall–Kier alpha value is -1.91. The van der Waals surface area contributed by atoms with Crippen LogP contribution in [-0.2, 0) is 0 Å². The molecule has 0 aliphatic rings. The molecule has 5 heteroatoms. The molecule has 2 heterocycles. The van der Waals surface area contributed by atoms with Crippen LogP contribution in [0.4, 0.5) is 10.1 Å². The zero-order valence-electron chi connectivity index (χ0n) is 10.6. The van der Waals surface area contributed by atoms with E-state index < -0.39 is 0 Å². The molecular formula is C13H17FN4. The molecule has 0 fully saturated rings. The fraction of sp³-hybridized carbons (Fsp3) is 0.385. The molecule has 0 aliphatic carbocycles. The van der Waals surface area contributed by atoms with Gasteiger partial charge in [-0.25, -0.2) is 4.39 Å². The third-order valence-corrected chi connectivity index (χ3v) is 3.06. The van der Waals surface area contributed by atoms with E-state index in [0.29, 0.717) is 23.0 Å². The minimum atomic E-state index is -0.385. The van der Waals surface area contributed by atoms with E-state index >= 15 is 0 Å². The molecule has 0 atom stereocenters. The number of hydrogen-bond acceptors (Lipinski definition) is 3. The SMILES string of the molecule is CCC(CC)n1cc(N)c(-c2cncc(F)c2)n1. The van der Waals surface area contributed by atoms with E-state index in [1.54, 1.807) is 12.4 Å². The lowest BCUT2D eigenvalue weighted by molar-refractivity contribution is 0.429. The molecule has 0 amide bonds. The summed E-state index contributed by atoms with van der Waals surface area (Å²) in [4.78, 5) is 3.82. The molecule has 0 bridgehead atoms. The van der Waals surface area contributed by atoms with Gasteiger partial charge in [-0.3, -0.25) is 9.67 Å². The minimum absolute atomic E-state index is 0.322. The van der Waals surface area contributed by atoms with E-state index in [0.717, 1.165) is 19.0 Å². The third-order valence-electron chi connectivity index (χ3n) is 3.06. The smallest absolute Gasteiger partial charge is 0.142 e. The van der Waals surface area contributed by atoms with Crippen molar-refractivity contribution < 1.29 is 4.39 Å². The van der Waals surface area contributed by atoms with E-state index in [4.69, 9.17) is 5.73 Å². The molecule has 18 heavy (non-hydrogen) atoms. The van der Waals surface area contributed by atoms with Gasteiger partial charge in [0, 0.05) is 18.0 Å². The summed E-state index contributed by atoms with van der Waals surface area (Å²) in [6.07, 6.45) is 6.51. The quantitative estimate of drug-likeness (QED) is 0.904. The van der Waals surface area contributed by atoms with E-state index in [9.17, 15) is 4.39 Å². The highest BCUT2D eigenvalue weighted by Gasteiger charge is 2.13. The third kappa shape index (κ3) is 2.34. The lowest BCUT2D eigenvalue weighted by Gasteiger charge is -2.12. The van der Waals surface area contributed by atoms with Crippen LogP contribution in [0.25, 0.3) is 11.3 Å². The molecule has 0 aromatic carbocycles. The van der Waals surface area contributed by atoms with E-state index in [1.165, 1.54) is 6.07 Å². The van der Waals surface area contributed by atoms with Crippen LogP contribution in [0.2, 0.25) is 0 Å². The lowest BCUT2D eigenvalue weighted by atomic mass is 10.2. The number of nitrogen functional groups attached to an aromatic ring is 1. The van der Waals surface area contributed by atoms with Crippen molar-refractivity contribution in [1.82, 2.24) is 14.8 Å². The Morgan fingerprint density at radius 2 is 2.06 bits per heavy atom. The monoisotopic (exact) mass is 248 g/mol. The van der Waals surface area contributed by atoms with Crippen molar-refractivity contribution in [3.8, 4) is 11.3 Å². The summed E-state index contributed by atoms with van der Waals surface area (Å²) < 4.78 is 15.0. The predicted octanol–water partition coefficient (Wildman–Crippen LogP) is 3.03. The van der Waals surface area contributed by atoms with Crippen molar-refractivity contribution >= 4 is 5.69 Å². The van der Waals surface area contributed by atoms with Gasteiger partial charge >= 0.3 is 0 Å². The highest BCUT2D eigenvalue weighted by molar-refractivity contribution is 5.71. The molecule has 0 saturated heterocycles. The van der Waals surface area contributed by atoms with Crippen molar-refractivity contribution in [3.63, 3.8) is 0 Å². The zero-order chi connectivity index (χ0) is 13.1. The van der Waals surface area contributed by atoms with E-state index in [2.05, 4.69) is 23.9 Å². The Morgan fingerprint density at radius 3 is 2.67 bits per heavy atom. The van der Waals surface area contributed by atoms with Gasteiger partial charge < -0.3 is 5.73 Å². The number of anilines is 1. The van der Waals surface area contributed by atoms with Crippen LogP contribution in [0.3, 0.4) is 0 Å². The van der Waals surface area contributed by atoms with Crippen molar-refractivity contribution in [2.45, 2.75) is 32.7 Å². The van der Waals surface area contributed by atoms with Crippen LogP contribution < -0.4 is 5.73 Å². The molecule has 2 N–H and O–H groups in total. The summed E-state index contributed by atoms with van der Waals surface area (Å²) in [6.45, 7) is 4.21. The Balaban J connectivity index is 2.40. The van der Waals surface area contributed by atoms with Crippen molar-refractivity contribution in [3.05, 3.63) is 30.5 Å². The van der Waals surface area contributed by atoms with Gasteiger partial charge in [-0.1, -0.05) is 13.8 Å². The lowest BCUT2D eigenvalue weighted by Crippen LogP contribution is -2.07. The van der Waals surface area contributed by atoms with Crippen molar-refractivity contribution in [2.24, 2.45) is 0 Å². The molecular weight excluding hydrogens is 231 g/mol. The maximum Gasteiger partial charge on any atom is 0.142 e. The second-order valence-corrected chi connectivity index (χ2v) is 4.28. The zero-order valence-corrected chi connectivity index (χ0v) is 10.6. The molecule has 4 nitrogen and oxygen atoms in total. The van der Waals surface area contributed by atoms with Crippen LogP contribution in [0.1, 0.15) is 32.7 Å². The van der Waals surface area contributed by atoms with Gasteiger partial charge in [-0.15, -0.1) is 0 Å². The van der Waals surface area contributed by atoms with Crippen molar-refractivity contribution in [1.29, 1.82) is 0 Å². The fourth-order valence-electron chi connectivity index (χ4n) is 2.02. The summed E-state index contributed by atoms with van der Waals surface area (Å²) in [7, 11) is 0. The first-order chi connectivity index (χ1) is 8.65. The average molecular weight is 248 g/mol. The predicted molar refractivity (Wildman–Crippen MR) is 69.4 cm³/mol.